The molecule has 164 valence electrons. The van der Waals surface area contributed by atoms with E-state index in [1.165, 1.54) is 6.08 Å². The maximum Gasteiger partial charge on any atom is 0.247 e. The molecule has 0 atom stereocenters. The number of carbonyl (C=O) groups excluding carboxylic acids is 1. The van der Waals surface area contributed by atoms with E-state index >= 15 is 0 Å². The molecule has 0 saturated carbocycles. The Morgan fingerprint density at radius 2 is 2.00 bits per heavy atom. The molecule has 1 aliphatic heterocycles. The monoisotopic (exact) mass is 431 g/mol. The van der Waals surface area contributed by atoms with Gasteiger partial charge in [0.05, 0.1) is 31.7 Å². The average molecular weight is 431 g/mol. The van der Waals surface area contributed by atoms with Gasteiger partial charge in [0.1, 0.15) is 5.75 Å². The van der Waals surface area contributed by atoms with Crippen molar-refractivity contribution < 1.29 is 14.3 Å². The maximum absolute atomic E-state index is 11.6. The number of benzene rings is 2. The fourth-order valence-electron chi connectivity index (χ4n) is 3.48. The molecule has 1 fully saturated rings. The molecule has 2 N–H and O–H groups in total. The summed E-state index contributed by atoms with van der Waals surface area (Å²) in [5.41, 5.74) is 4.13. The van der Waals surface area contributed by atoms with Crippen LogP contribution >= 0.6 is 0 Å². The molecule has 1 aliphatic rings. The third-order valence-corrected chi connectivity index (χ3v) is 5.05. The molecule has 4 rings (SSSR count). The summed E-state index contributed by atoms with van der Waals surface area (Å²) in [5, 5.41) is 6.05. The Kier molecular flexibility index (Phi) is 6.62. The van der Waals surface area contributed by atoms with Gasteiger partial charge in [0, 0.05) is 36.2 Å². The van der Waals surface area contributed by atoms with Crippen molar-refractivity contribution >= 4 is 28.9 Å². The predicted octanol–water partition coefficient (Wildman–Crippen LogP) is 3.86. The quantitative estimate of drug-likeness (QED) is 0.549. The van der Waals surface area contributed by atoms with Crippen molar-refractivity contribution in [1.29, 1.82) is 0 Å². The second-order valence-electron chi connectivity index (χ2n) is 7.15. The van der Waals surface area contributed by atoms with E-state index in [4.69, 9.17) is 9.47 Å². The normalized spacial score (nSPS) is 13.3. The summed E-state index contributed by atoms with van der Waals surface area (Å²) >= 11 is 0. The van der Waals surface area contributed by atoms with Crippen LogP contribution in [-0.4, -0.2) is 49.3 Å². The highest BCUT2D eigenvalue weighted by Gasteiger charge is 2.16. The number of nitrogens with zero attached hydrogens (tertiary/aromatic N) is 3. The fourth-order valence-corrected chi connectivity index (χ4v) is 3.48. The van der Waals surface area contributed by atoms with Crippen molar-refractivity contribution in [2.45, 2.75) is 0 Å². The molecule has 1 amide bonds. The number of morpholine rings is 1. The molecule has 3 aromatic rings. The van der Waals surface area contributed by atoms with Gasteiger partial charge >= 0.3 is 0 Å². The van der Waals surface area contributed by atoms with Crippen LogP contribution in [0.15, 0.2) is 67.4 Å². The predicted molar refractivity (Wildman–Crippen MR) is 126 cm³/mol. The number of amides is 1. The van der Waals surface area contributed by atoms with Crippen LogP contribution in [0.25, 0.3) is 11.3 Å². The van der Waals surface area contributed by atoms with Gasteiger partial charge < -0.3 is 25.0 Å². The van der Waals surface area contributed by atoms with Gasteiger partial charge in [0.25, 0.3) is 0 Å². The molecule has 8 nitrogen and oxygen atoms in total. The van der Waals surface area contributed by atoms with Crippen LogP contribution in [0.3, 0.4) is 0 Å². The average Bonchev–Trinajstić information content (AvgIpc) is 2.85. The minimum Gasteiger partial charge on any atom is -0.495 e. The highest BCUT2D eigenvalue weighted by molar-refractivity contribution is 5.99. The first-order valence-electron chi connectivity index (χ1n) is 10.3. The Morgan fingerprint density at radius 3 is 2.78 bits per heavy atom. The molecule has 32 heavy (non-hydrogen) atoms. The summed E-state index contributed by atoms with van der Waals surface area (Å²) in [7, 11) is 1.67. The Bertz CT molecular complexity index is 1110. The molecule has 0 radical (unpaired) electrons. The number of aromatic nitrogens is 2. The molecule has 0 unspecified atom stereocenters. The lowest BCUT2D eigenvalue weighted by molar-refractivity contribution is -0.111. The minimum atomic E-state index is -0.261. The van der Waals surface area contributed by atoms with Crippen LogP contribution in [0.1, 0.15) is 0 Å². The Morgan fingerprint density at radius 1 is 1.16 bits per heavy atom. The molecule has 1 saturated heterocycles. The van der Waals surface area contributed by atoms with E-state index < -0.39 is 0 Å². The van der Waals surface area contributed by atoms with Crippen molar-refractivity contribution in [3.8, 4) is 17.0 Å². The number of carbonyl (C=O) groups is 1. The summed E-state index contributed by atoms with van der Waals surface area (Å²) in [6.45, 7) is 6.48. The second-order valence-corrected chi connectivity index (χ2v) is 7.15. The van der Waals surface area contributed by atoms with E-state index in [9.17, 15) is 4.79 Å². The Balaban J connectivity index is 1.56. The summed E-state index contributed by atoms with van der Waals surface area (Å²) < 4.78 is 11.0. The van der Waals surface area contributed by atoms with Crippen LogP contribution in [0.4, 0.5) is 23.0 Å². The van der Waals surface area contributed by atoms with Gasteiger partial charge in [-0.15, -0.1) is 0 Å². The first-order chi connectivity index (χ1) is 15.7. The van der Waals surface area contributed by atoms with Crippen molar-refractivity contribution in [2.75, 3.05) is 48.9 Å². The number of methoxy groups -OCH3 is 1. The molecule has 2 heterocycles. The Hall–Kier alpha value is -3.91. The van der Waals surface area contributed by atoms with Crippen molar-refractivity contribution in [3.05, 3.63) is 67.4 Å². The summed E-state index contributed by atoms with van der Waals surface area (Å²) in [4.78, 5) is 22.8. The zero-order chi connectivity index (χ0) is 22.3. The number of nitrogens with one attached hydrogen (secondary N) is 2. The minimum absolute atomic E-state index is 0.261. The standard InChI is InChI=1S/C24H25N5O3/c1-3-23(30)26-18-6-4-5-17(15-18)20-9-10-25-24(28-20)27-19-7-8-22(31-2)21(16-19)29-11-13-32-14-12-29/h3-10,15-16H,1,11-14H2,2H3,(H,26,30)(H,25,27,28). The molecular weight excluding hydrogens is 406 g/mol. The van der Waals surface area contributed by atoms with Crippen LogP contribution < -0.4 is 20.3 Å². The largest absolute Gasteiger partial charge is 0.495 e. The SMILES string of the molecule is C=CC(=O)Nc1cccc(-c2ccnc(Nc3ccc(OC)c(N4CCOCC4)c3)n2)c1. The molecule has 1 aromatic heterocycles. The van der Waals surface area contributed by atoms with Gasteiger partial charge in [0.15, 0.2) is 0 Å². The van der Waals surface area contributed by atoms with E-state index in [-0.39, 0.29) is 5.91 Å². The summed E-state index contributed by atoms with van der Waals surface area (Å²) in [6, 6.07) is 15.2. The summed E-state index contributed by atoms with van der Waals surface area (Å²) in [6.07, 6.45) is 2.94. The highest BCUT2D eigenvalue weighted by Crippen LogP contribution is 2.33. The maximum atomic E-state index is 11.6. The van der Waals surface area contributed by atoms with Gasteiger partial charge in [-0.3, -0.25) is 4.79 Å². The van der Waals surface area contributed by atoms with E-state index in [0.29, 0.717) is 24.8 Å². The zero-order valence-electron chi connectivity index (χ0n) is 17.9. The molecule has 0 aliphatic carbocycles. The van der Waals surface area contributed by atoms with Gasteiger partial charge in [-0.1, -0.05) is 18.7 Å². The van der Waals surface area contributed by atoms with Crippen LogP contribution in [-0.2, 0) is 9.53 Å². The summed E-state index contributed by atoms with van der Waals surface area (Å²) in [5.74, 6) is 1.02. The molecule has 8 heteroatoms. The van der Waals surface area contributed by atoms with Crippen LogP contribution in [0.5, 0.6) is 5.75 Å². The third-order valence-electron chi connectivity index (χ3n) is 5.05. The lowest BCUT2D eigenvalue weighted by Crippen LogP contribution is -2.36. The molecule has 0 spiro atoms. The third kappa shape index (κ3) is 5.04. The van der Waals surface area contributed by atoms with E-state index in [1.54, 1.807) is 13.3 Å². The zero-order valence-corrected chi connectivity index (χ0v) is 17.9. The molecule has 2 aromatic carbocycles. The van der Waals surface area contributed by atoms with E-state index in [2.05, 4.69) is 32.1 Å². The van der Waals surface area contributed by atoms with E-state index in [1.807, 2.05) is 48.5 Å². The molecular formula is C24H25N5O3. The fraction of sp³-hybridized carbons (Fsp3) is 0.208. The number of hydrogen-bond acceptors (Lipinski definition) is 7. The van der Waals surface area contributed by atoms with Gasteiger partial charge in [-0.25, -0.2) is 9.97 Å². The number of rotatable bonds is 7. The molecule has 0 bridgehead atoms. The van der Waals surface area contributed by atoms with Gasteiger partial charge in [-0.2, -0.15) is 0 Å². The van der Waals surface area contributed by atoms with Gasteiger partial charge in [0.2, 0.25) is 11.9 Å². The lowest BCUT2D eigenvalue weighted by Gasteiger charge is -2.30. The smallest absolute Gasteiger partial charge is 0.247 e. The number of hydrogen-bond donors (Lipinski definition) is 2. The van der Waals surface area contributed by atoms with Gasteiger partial charge in [-0.05, 0) is 42.5 Å². The second kappa shape index (κ2) is 9.93. The lowest BCUT2D eigenvalue weighted by atomic mass is 10.1. The van der Waals surface area contributed by atoms with Crippen molar-refractivity contribution in [2.24, 2.45) is 0 Å². The first kappa shape index (κ1) is 21.3. The van der Waals surface area contributed by atoms with Crippen LogP contribution in [0.2, 0.25) is 0 Å². The van der Waals surface area contributed by atoms with Crippen molar-refractivity contribution in [3.63, 3.8) is 0 Å². The number of anilines is 4. The Labute approximate surface area is 186 Å². The van der Waals surface area contributed by atoms with Crippen LogP contribution in [0, 0.1) is 0 Å². The number of ether oxygens (including phenoxy) is 2. The van der Waals surface area contributed by atoms with Crippen molar-refractivity contribution in [1.82, 2.24) is 9.97 Å². The topological polar surface area (TPSA) is 88.6 Å². The first-order valence-corrected chi connectivity index (χ1v) is 10.3. The highest BCUT2D eigenvalue weighted by atomic mass is 16.5. The van der Waals surface area contributed by atoms with E-state index in [0.717, 1.165) is 41.5 Å².